The largest absolute Gasteiger partial charge is 0.383 e. The summed E-state index contributed by atoms with van der Waals surface area (Å²) in [5.41, 5.74) is 2.34. The lowest BCUT2D eigenvalue weighted by molar-refractivity contribution is -0.129. The van der Waals surface area contributed by atoms with Crippen molar-refractivity contribution >= 4 is 11.6 Å². The summed E-state index contributed by atoms with van der Waals surface area (Å²) in [6.07, 6.45) is 0. The Morgan fingerprint density at radius 3 is 3.00 bits per heavy atom. The van der Waals surface area contributed by atoms with E-state index in [0.717, 1.165) is 25.3 Å². The Morgan fingerprint density at radius 2 is 2.21 bits per heavy atom. The van der Waals surface area contributed by atoms with Crippen LogP contribution in [0, 0.1) is 0 Å². The highest BCUT2D eigenvalue weighted by molar-refractivity contribution is 5.74. The maximum Gasteiger partial charge on any atom is 0.219 e. The average molecular weight is 190 g/mol. The van der Waals surface area contributed by atoms with Gasteiger partial charge in [0.2, 0.25) is 5.91 Å². The molecule has 0 aromatic heterocycles. The Kier molecular flexibility index (Phi) is 2.39. The Bertz CT molecular complexity index is 349. The fraction of sp³-hybridized carbons (Fsp3) is 0.364. The monoisotopic (exact) mass is 190 g/mol. The van der Waals surface area contributed by atoms with Crippen molar-refractivity contribution in [2.75, 3.05) is 18.4 Å². The van der Waals surface area contributed by atoms with E-state index in [2.05, 4.69) is 17.4 Å². The van der Waals surface area contributed by atoms with Gasteiger partial charge in [-0.3, -0.25) is 4.79 Å². The van der Waals surface area contributed by atoms with E-state index in [1.54, 1.807) is 6.92 Å². The molecule has 0 aliphatic carbocycles. The topological polar surface area (TPSA) is 32.3 Å². The van der Waals surface area contributed by atoms with Crippen LogP contribution in [0.2, 0.25) is 0 Å². The molecular formula is C11H14N2O. The molecule has 0 saturated heterocycles. The van der Waals surface area contributed by atoms with Crippen molar-refractivity contribution in [2.24, 2.45) is 0 Å². The first kappa shape index (κ1) is 9.06. The van der Waals surface area contributed by atoms with Crippen LogP contribution in [0.25, 0.3) is 0 Å². The molecule has 1 aromatic rings. The molecule has 0 saturated carbocycles. The number of amides is 1. The van der Waals surface area contributed by atoms with Crippen molar-refractivity contribution in [3.63, 3.8) is 0 Å². The number of rotatable bonds is 0. The SMILES string of the molecule is CC(=O)N1CCNc2ccccc2C1. The van der Waals surface area contributed by atoms with Crippen LogP contribution >= 0.6 is 0 Å². The van der Waals surface area contributed by atoms with Crippen LogP contribution in [0.4, 0.5) is 5.69 Å². The number of benzene rings is 1. The number of nitrogens with zero attached hydrogens (tertiary/aromatic N) is 1. The second kappa shape index (κ2) is 3.70. The van der Waals surface area contributed by atoms with Gasteiger partial charge in [-0.15, -0.1) is 0 Å². The number of hydrogen-bond acceptors (Lipinski definition) is 2. The van der Waals surface area contributed by atoms with E-state index in [0.29, 0.717) is 0 Å². The maximum atomic E-state index is 11.3. The number of nitrogens with one attached hydrogen (secondary N) is 1. The molecule has 1 aromatic carbocycles. The molecule has 0 bridgehead atoms. The van der Waals surface area contributed by atoms with E-state index in [1.165, 1.54) is 5.56 Å². The molecule has 1 heterocycles. The number of carbonyl (C=O) groups excluding carboxylic acids is 1. The third kappa shape index (κ3) is 1.71. The van der Waals surface area contributed by atoms with Crippen LogP contribution in [-0.4, -0.2) is 23.9 Å². The molecule has 3 nitrogen and oxygen atoms in total. The predicted octanol–water partition coefficient (Wildman–Crippen LogP) is 1.46. The first-order chi connectivity index (χ1) is 6.77. The zero-order valence-corrected chi connectivity index (χ0v) is 8.29. The lowest BCUT2D eigenvalue weighted by Gasteiger charge is -2.17. The van der Waals surface area contributed by atoms with Gasteiger partial charge in [0, 0.05) is 32.2 Å². The van der Waals surface area contributed by atoms with Crippen LogP contribution < -0.4 is 5.32 Å². The van der Waals surface area contributed by atoms with Gasteiger partial charge in [0.15, 0.2) is 0 Å². The summed E-state index contributed by atoms with van der Waals surface area (Å²) in [6.45, 7) is 3.95. The Labute approximate surface area is 83.7 Å². The molecule has 14 heavy (non-hydrogen) atoms. The van der Waals surface area contributed by atoms with Gasteiger partial charge >= 0.3 is 0 Å². The minimum Gasteiger partial charge on any atom is -0.383 e. The first-order valence-corrected chi connectivity index (χ1v) is 4.84. The molecule has 0 unspecified atom stereocenters. The lowest BCUT2D eigenvalue weighted by Crippen LogP contribution is -2.30. The van der Waals surface area contributed by atoms with Crippen molar-refractivity contribution in [3.8, 4) is 0 Å². The third-order valence-electron chi connectivity index (χ3n) is 2.52. The summed E-state index contributed by atoms with van der Waals surface area (Å²) >= 11 is 0. The van der Waals surface area contributed by atoms with Gasteiger partial charge in [-0.25, -0.2) is 0 Å². The van der Waals surface area contributed by atoms with Gasteiger partial charge in [0.25, 0.3) is 0 Å². The number of para-hydroxylation sites is 1. The van der Waals surface area contributed by atoms with Gasteiger partial charge < -0.3 is 10.2 Å². The van der Waals surface area contributed by atoms with E-state index in [9.17, 15) is 4.79 Å². The Morgan fingerprint density at radius 1 is 1.43 bits per heavy atom. The zero-order chi connectivity index (χ0) is 9.97. The van der Waals surface area contributed by atoms with Crippen molar-refractivity contribution in [3.05, 3.63) is 29.8 Å². The molecule has 1 aliphatic rings. The summed E-state index contributed by atoms with van der Waals surface area (Å²) < 4.78 is 0. The normalized spacial score (nSPS) is 15.4. The number of hydrogen-bond donors (Lipinski definition) is 1. The quantitative estimate of drug-likeness (QED) is 0.671. The zero-order valence-electron chi connectivity index (χ0n) is 8.29. The van der Waals surface area contributed by atoms with E-state index < -0.39 is 0 Å². The molecule has 1 N–H and O–H groups in total. The van der Waals surface area contributed by atoms with Crippen molar-refractivity contribution in [2.45, 2.75) is 13.5 Å². The second-order valence-corrected chi connectivity index (χ2v) is 3.52. The molecule has 0 atom stereocenters. The van der Waals surface area contributed by atoms with Gasteiger partial charge in [-0.05, 0) is 11.6 Å². The summed E-state index contributed by atoms with van der Waals surface area (Å²) in [4.78, 5) is 13.1. The van der Waals surface area contributed by atoms with Gasteiger partial charge in [0.1, 0.15) is 0 Å². The summed E-state index contributed by atoms with van der Waals surface area (Å²) in [6, 6.07) is 8.13. The molecular weight excluding hydrogens is 176 g/mol. The van der Waals surface area contributed by atoms with Crippen LogP contribution in [0.5, 0.6) is 0 Å². The standard InChI is InChI=1S/C11H14N2O/c1-9(14)13-7-6-12-11-5-3-2-4-10(11)8-13/h2-5,12H,6-8H2,1H3. The smallest absolute Gasteiger partial charge is 0.219 e. The van der Waals surface area contributed by atoms with E-state index in [1.807, 2.05) is 17.0 Å². The van der Waals surface area contributed by atoms with Crippen LogP contribution in [-0.2, 0) is 11.3 Å². The molecule has 2 rings (SSSR count). The second-order valence-electron chi connectivity index (χ2n) is 3.52. The molecule has 74 valence electrons. The van der Waals surface area contributed by atoms with E-state index in [-0.39, 0.29) is 5.91 Å². The van der Waals surface area contributed by atoms with Crippen LogP contribution in [0.3, 0.4) is 0 Å². The number of fused-ring (bicyclic) bond motifs is 1. The maximum absolute atomic E-state index is 11.3. The van der Waals surface area contributed by atoms with Crippen molar-refractivity contribution in [1.29, 1.82) is 0 Å². The molecule has 0 spiro atoms. The molecule has 1 amide bonds. The van der Waals surface area contributed by atoms with Gasteiger partial charge in [0.05, 0.1) is 0 Å². The molecule has 0 fully saturated rings. The van der Waals surface area contributed by atoms with Crippen LogP contribution in [0.15, 0.2) is 24.3 Å². The summed E-state index contributed by atoms with van der Waals surface area (Å²) in [7, 11) is 0. The highest BCUT2D eigenvalue weighted by Crippen LogP contribution is 2.19. The third-order valence-corrected chi connectivity index (χ3v) is 2.52. The molecule has 0 radical (unpaired) electrons. The lowest BCUT2D eigenvalue weighted by atomic mass is 10.2. The predicted molar refractivity (Wildman–Crippen MR) is 56.0 cm³/mol. The van der Waals surface area contributed by atoms with Crippen molar-refractivity contribution in [1.82, 2.24) is 4.90 Å². The number of anilines is 1. The minimum absolute atomic E-state index is 0.142. The fourth-order valence-corrected chi connectivity index (χ4v) is 1.71. The van der Waals surface area contributed by atoms with Gasteiger partial charge in [-0.2, -0.15) is 0 Å². The van der Waals surface area contributed by atoms with E-state index >= 15 is 0 Å². The summed E-state index contributed by atoms with van der Waals surface area (Å²) in [5, 5.41) is 3.32. The summed E-state index contributed by atoms with van der Waals surface area (Å²) in [5.74, 6) is 0.142. The molecule has 3 heteroatoms. The van der Waals surface area contributed by atoms with Crippen molar-refractivity contribution < 1.29 is 4.79 Å². The molecule has 1 aliphatic heterocycles. The number of carbonyl (C=O) groups is 1. The van der Waals surface area contributed by atoms with Crippen LogP contribution in [0.1, 0.15) is 12.5 Å². The minimum atomic E-state index is 0.142. The average Bonchev–Trinajstić information content (AvgIpc) is 2.39. The highest BCUT2D eigenvalue weighted by atomic mass is 16.2. The van der Waals surface area contributed by atoms with Gasteiger partial charge in [-0.1, -0.05) is 18.2 Å². The first-order valence-electron chi connectivity index (χ1n) is 4.84. The Balaban J connectivity index is 2.26. The Hall–Kier alpha value is -1.51. The fourth-order valence-electron chi connectivity index (χ4n) is 1.71. The van der Waals surface area contributed by atoms with E-state index in [4.69, 9.17) is 0 Å². The highest BCUT2D eigenvalue weighted by Gasteiger charge is 2.14.